The largest absolute Gasteiger partial charge is 0.376 e. The van der Waals surface area contributed by atoms with Crippen molar-refractivity contribution in [2.24, 2.45) is 0 Å². The van der Waals surface area contributed by atoms with Crippen LogP contribution in [-0.4, -0.2) is 57.0 Å². The van der Waals surface area contributed by atoms with Gasteiger partial charge in [-0.1, -0.05) is 54.5 Å². The van der Waals surface area contributed by atoms with Crippen LogP contribution in [0.2, 0.25) is 0 Å². The third-order valence-corrected chi connectivity index (χ3v) is 7.19. The molecule has 0 bridgehead atoms. The van der Waals surface area contributed by atoms with Crippen molar-refractivity contribution in [2.75, 3.05) is 13.2 Å². The van der Waals surface area contributed by atoms with Crippen LogP contribution in [0.15, 0.2) is 48.5 Å². The average Bonchev–Trinajstić information content (AvgIpc) is 3.63. The van der Waals surface area contributed by atoms with Crippen molar-refractivity contribution in [2.45, 2.75) is 70.2 Å². The Bertz CT molecular complexity index is 1180. The van der Waals surface area contributed by atoms with Crippen LogP contribution in [0.5, 0.6) is 0 Å². The maximum absolute atomic E-state index is 13.9. The number of aryl methyl sites for hydroxylation is 1. The second-order valence-corrected chi connectivity index (χ2v) is 9.67. The first-order valence-corrected chi connectivity index (χ1v) is 12.7. The summed E-state index contributed by atoms with van der Waals surface area (Å²) in [4.78, 5) is 29.4. The van der Waals surface area contributed by atoms with Crippen LogP contribution in [0, 0.1) is 6.92 Å². The van der Waals surface area contributed by atoms with Crippen LogP contribution in [-0.2, 0) is 20.9 Å². The molecule has 184 valence electrons. The van der Waals surface area contributed by atoms with E-state index in [-0.39, 0.29) is 30.5 Å². The predicted octanol–water partition coefficient (Wildman–Crippen LogP) is 3.55. The Morgan fingerprint density at radius 2 is 1.86 bits per heavy atom. The lowest BCUT2D eigenvalue weighted by atomic mass is 9.97. The summed E-state index contributed by atoms with van der Waals surface area (Å²) in [6.45, 7) is 3.05. The van der Waals surface area contributed by atoms with E-state index in [0.29, 0.717) is 13.2 Å². The molecule has 2 aromatic carbocycles. The van der Waals surface area contributed by atoms with Gasteiger partial charge in [0, 0.05) is 19.2 Å². The van der Waals surface area contributed by atoms with Gasteiger partial charge in [0.2, 0.25) is 11.8 Å². The molecule has 2 fully saturated rings. The van der Waals surface area contributed by atoms with Gasteiger partial charge in [-0.2, -0.15) is 0 Å². The molecule has 5 rings (SSSR count). The van der Waals surface area contributed by atoms with E-state index in [2.05, 4.69) is 15.6 Å². The number of fused-ring (bicyclic) bond motifs is 1. The summed E-state index contributed by atoms with van der Waals surface area (Å²) < 4.78 is 7.52. The van der Waals surface area contributed by atoms with E-state index in [1.54, 1.807) is 9.58 Å². The number of ether oxygens (including phenoxy) is 1. The number of amides is 2. The number of para-hydroxylation sites is 1. The molecule has 2 amide bonds. The van der Waals surface area contributed by atoms with Gasteiger partial charge in [-0.3, -0.25) is 9.59 Å². The molecule has 1 aliphatic heterocycles. The Balaban J connectivity index is 1.49. The van der Waals surface area contributed by atoms with E-state index in [4.69, 9.17) is 4.74 Å². The molecule has 35 heavy (non-hydrogen) atoms. The van der Waals surface area contributed by atoms with Crippen LogP contribution in [0.4, 0.5) is 0 Å². The zero-order valence-electron chi connectivity index (χ0n) is 20.2. The number of benzene rings is 2. The lowest BCUT2D eigenvalue weighted by Crippen LogP contribution is -2.49. The molecule has 0 unspecified atom stereocenters. The third kappa shape index (κ3) is 5.22. The Morgan fingerprint density at radius 3 is 2.63 bits per heavy atom. The van der Waals surface area contributed by atoms with Gasteiger partial charge in [-0.25, -0.2) is 4.68 Å². The highest BCUT2D eigenvalue weighted by Gasteiger charge is 2.36. The monoisotopic (exact) mass is 475 g/mol. The van der Waals surface area contributed by atoms with Crippen molar-refractivity contribution in [1.82, 2.24) is 25.2 Å². The zero-order chi connectivity index (χ0) is 24.2. The Labute approximate surface area is 205 Å². The van der Waals surface area contributed by atoms with E-state index in [9.17, 15) is 9.59 Å². The first-order chi connectivity index (χ1) is 17.1. The minimum absolute atomic E-state index is 0.00627. The summed E-state index contributed by atoms with van der Waals surface area (Å²) in [6.07, 6.45) is 5.96. The fourth-order valence-corrected chi connectivity index (χ4v) is 5.31. The normalized spacial score (nSPS) is 19.2. The van der Waals surface area contributed by atoms with Gasteiger partial charge in [0.1, 0.15) is 18.1 Å². The number of rotatable bonds is 8. The highest BCUT2D eigenvalue weighted by atomic mass is 16.5. The van der Waals surface area contributed by atoms with Gasteiger partial charge in [0.15, 0.2) is 0 Å². The van der Waals surface area contributed by atoms with Crippen molar-refractivity contribution in [3.8, 4) is 0 Å². The van der Waals surface area contributed by atoms with E-state index >= 15 is 0 Å². The van der Waals surface area contributed by atoms with E-state index in [0.717, 1.165) is 60.7 Å². The zero-order valence-corrected chi connectivity index (χ0v) is 20.2. The fourth-order valence-electron chi connectivity index (χ4n) is 5.31. The van der Waals surface area contributed by atoms with Gasteiger partial charge in [0.05, 0.1) is 11.6 Å². The highest BCUT2D eigenvalue weighted by molar-refractivity contribution is 5.89. The number of hydrogen-bond acceptors (Lipinski definition) is 5. The first kappa shape index (κ1) is 23.5. The molecular formula is C27H33N5O3. The van der Waals surface area contributed by atoms with Crippen molar-refractivity contribution in [1.29, 1.82) is 0 Å². The minimum Gasteiger partial charge on any atom is -0.376 e. The molecule has 1 aromatic heterocycles. The summed E-state index contributed by atoms with van der Waals surface area (Å²) in [5.41, 5.74) is 3.36. The second-order valence-electron chi connectivity index (χ2n) is 9.67. The van der Waals surface area contributed by atoms with Gasteiger partial charge in [0.25, 0.3) is 0 Å². The third-order valence-electron chi connectivity index (χ3n) is 7.19. The van der Waals surface area contributed by atoms with Gasteiger partial charge in [-0.15, -0.1) is 5.10 Å². The summed E-state index contributed by atoms with van der Waals surface area (Å²) in [5, 5.41) is 11.7. The van der Waals surface area contributed by atoms with Crippen molar-refractivity contribution < 1.29 is 14.3 Å². The van der Waals surface area contributed by atoms with Crippen LogP contribution >= 0.6 is 0 Å². The number of nitrogens with zero attached hydrogens (tertiary/aromatic N) is 4. The molecule has 0 radical (unpaired) electrons. The summed E-state index contributed by atoms with van der Waals surface area (Å²) in [7, 11) is 0. The van der Waals surface area contributed by atoms with Gasteiger partial charge < -0.3 is 15.0 Å². The Hall–Kier alpha value is -3.26. The van der Waals surface area contributed by atoms with Crippen molar-refractivity contribution in [3.63, 3.8) is 0 Å². The average molecular weight is 476 g/mol. The van der Waals surface area contributed by atoms with Crippen molar-refractivity contribution in [3.05, 3.63) is 59.7 Å². The van der Waals surface area contributed by atoms with Gasteiger partial charge in [-0.05, 0) is 55.9 Å². The summed E-state index contributed by atoms with van der Waals surface area (Å²) in [5.74, 6) is -0.299. The minimum atomic E-state index is -0.733. The number of carbonyl (C=O) groups is 2. The van der Waals surface area contributed by atoms with Crippen LogP contribution in [0.1, 0.15) is 55.7 Å². The SMILES string of the molecule is Cc1ccccc1[C@H](C(=O)NC1CCCC1)N(C[C@H]1CCCO1)C(=O)Cn1nnc2ccccc21. The molecule has 3 aromatic rings. The molecule has 1 saturated carbocycles. The van der Waals surface area contributed by atoms with E-state index in [1.165, 1.54) is 0 Å². The molecule has 2 atom stereocenters. The fraction of sp³-hybridized carbons (Fsp3) is 0.481. The first-order valence-electron chi connectivity index (χ1n) is 12.7. The van der Waals surface area contributed by atoms with Crippen LogP contribution < -0.4 is 5.32 Å². The van der Waals surface area contributed by atoms with Gasteiger partial charge >= 0.3 is 0 Å². The Morgan fingerprint density at radius 1 is 1.09 bits per heavy atom. The molecule has 2 aliphatic rings. The van der Waals surface area contributed by atoms with Crippen LogP contribution in [0.3, 0.4) is 0 Å². The quantitative estimate of drug-likeness (QED) is 0.538. The summed E-state index contributed by atoms with van der Waals surface area (Å²) >= 11 is 0. The number of aromatic nitrogens is 3. The molecule has 0 spiro atoms. The Kier molecular flexibility index (Phi) is 7.08. The van der Waals surface area contributed by atoms with E-state index < -0.39 is 6.04 Å². The number of nitrogens with one attached hydrogen (secondary N) is 1. The molecule has 8 nitrogen and oxygen atoms in total. The maximum atomic E-state index is 13.9. The smallest absolute Gasteiger partial charge is 0.247 e. The standard InChI is InChI=1S/C27H33N5O3/c1-19-9-2-5-13-22(19)26(27(34)28-20-10-3-4-11-20)31(17-21-12-8-16-35-21)25(33)18-32-24-15-7-6-14-23(24)29-30-32/h2,5-7,9,13-15,20-21,26H,3-4,8,10-12,16-18H2,1H3,(H,28,34)/t21-,26-/m1/s1. The maximum Gasteiger partial charge on any atom is 0.247 e. The molecule has 1 N–H and O–H groups in total. The second kappa shape index (κ2) is 10.6. The predicted molar refractivity (Wildman–Crippen MR) is 133 cm³/mol. The highest BCUT2D eigenvalue weighted by Crippen LogP contribution is 2.29. The topological polar surface area (TPSA) is 89.4 Å². The number of carbonyl (C=O) groups excluding carboxylic acids is 2. The molecule has 8 heteroatoms. The molecule has 1 aliphatic carbocycles. The summed E-state index contributed by atoms with van der Waals surface area (Å²) in [6, 6.07) is 14.8. The van der Waals surface area contributed by atoms with Crippen LogP contribution in [0.25, 0.3) is 11.0 Å². The van der Waals surface area contributed by atoms with Crippen molar-refractivity contribution >= 4 is 22.8 Å². The van der Waals surface area contributed by atoms with E-state index in [1.807, 2.05) is 55.5 Å². The molecular weight excluding hydrogens is 442 g/mol. The number of hydrogen-bond donors (Lipinski definition) is 1. The molecule has 1 saturated heterocycles. The lowest BCUT2D eigenvalue weighted by molar-refractivity contribution is -0.143. The molecule has 2 heterocycles. The lowest BCUT2D eigenvalue weighted by Gasteiger charge is -2.34.